The Morgan fingerprint density at radius 3 is 2.81 bits per heavy atom. The fraction of sp³-hybridized carbons (Fsp3) is 0.222. The fourth-order valence-electron chi connectivity index (χ4n) is 3.06. The summed E-state index contributed by atoms with van der Waals surface area (Å²) in [6.45, 7) is 1.91. The van der Waals surface area contributed by atoms with Crippen molar-refractivity contribution in [2.75, 3.05) is 5.32 Å². The molecular weight excluding hydrogens is 344 g/mol. The lowest BCUT2D eigenvalue weighted by Gasteiger charge is -2.16. The van der Waals surface area contributed by atoms with Gasteiger partial charge in [-0.1, -0.05) is 30.3 Å². The minimum atomic E-state index is -0.576. The van der Waals surface area contributed by atoms with Crippen LogP contribution in [0.25, 0.3) is 11.0 Å². The molecule has 0 saturated carbocycles. The summed E-state index contributed by atoms with van der Waals surface area (Å²) in [4.78, 5) is 17.4. The summed E-state index contributed by atoms with van der Waals surface area (Å²) in [5.74, 6) is -0.214. The molecule has 9 heteroatoms. The van der Waals surface area contributed by atoms with Gasteiger partial charge >= 0.3 is 0 Å². The monoisotopic (exact) mass is 362 g/mol. The van der Waals surface area contributed by atoms with Gasteiger partial charge in [-0.05, 0) is 29.0 Å². The second kappa shape index (κ2) is 6.94. The van der Waals surface area contributed by atoms with Gasteiger partial charge in [0.25, 0.3) is 0 Å². The van der Waals surface area contributed by atoms with E-state index >= 15 is 0 Å². The van der Waals surface area contributed by atoms with Crippen LogP contribution in [0.5, 0.6) is 0 Å². The molecule has 0 bridgehead atoms. The average Bonchev–Trinajstić information content (AvgIpc) is 3.29. The number of fused-ring (bicyclic) bond motifs is 1. The summed E-state index contributed by atoms with van der Waals surface area (Å²) in [6, 6.07) is 11.1. The predicted octanol–water partition coefficient (Wildman–Crippen LogP) is 1.69. The van der Waals surface area contributed by atoms with Gasteiger partial charge in [0.1, 0.15) is 12.4 Å². The molecule has 3 heterocycles. The molecule has 27 heavy (non-hydrogen) atoms. The molecule has 136 valence electrons. The molecule has 0 radical (unpaired) electrons. The van der Waals surface area contributed by atoms with Crippen LogP contribution in [0, 0.1) is 6.92 Å². The second-order valence-corrected chi connectivity index (χ2v) is 6.29. The molecule has 1 amide bonds. The number of rotatable bonds is 5. The van der Waals surface area contributed by atoms with Crippen molar-refractivity contribution in [2.45, 2.75) is 19.4 Å². The lowest BCUT2D eigenvalue weighted by atomic mass is 10.1. The van der Waals surface area contributed by atoms with Gasteiger partial charge in [-0.15, -0.1) is 5.10 Å². The average molecular weight is 362 g/mol. The number of carbonyl (C=O) groups is 1. The molecule has 0 fully saturated rings. The van der Waals surface area contributed by atoms with Crippen LogP contribution in [0.2, 0.25) is 0 Å². The van der Waals surface area contributed by atoms with Crippen LogP contribution in [0.3, 0.4) is 0 Å². The van der Waals surface area contributed by atoms with Gasteiger partial charge in [0.2, 0.25) is 5.91 Å². The van der Waals surface area contributed by atoms with Crippen LogP contribution >= 0.6 is 0 Å². The summed E-state index contributed by atoms with van der Waals surface area (Å²) < 4.78 is 3.18. The smallest absolute Gasteiger partial charge is 0.249 e. The number of nitrogens with zero attached hydrogens (tertiary/aromatic N) is 7. The Balaban J connectivity index is 1.61. The van der Waals surface area contributed by atoms with Crippen molar-refractivity contribution < 1.29 is 4.79 Å². The van der Waals surface area contributed by atoms with Gasteiger partial charge in [-0.25, -0.2) is 9.67 Å². The van der Waals surface area contributed by atoms with E-state index in [0.717, 1.165) is 22.3 Å². The number of aromatic nitrogens is 7. The normalized spacial score (nSPS) is 12.2. The quantitative estimate of drug-likeness (QED) is 0.579. The first kappa shape index (κ1) is 16.8. The van der Waals surface area contributed by atoms with E-state index in [-0.39, 0.29) is 5.91 Å². The zero-order valence-corrected chi connectivity index (χ0v) is 14.9. The number of hydrogen-bond acceptors (Lipinski definition) is 6. The number of amides is 1. The van der Waals surface area contributed by atoms with Gasteiger partial charge in [0, 0.05) is 18.9 Å². The number of carbonyl (C=O) groups excluding carboxylic acids is 1. The highest BCUT2D eigenvalue weighted by atomic mass is 16.2. The summed E-state index contributed by atoms with van der Waals surface area (Å²) in [5.41, 5.74) is 3.25. The van der Waals surface area contributed by atoms with Gasteiger partial charge in [-0.2, -0.15) is 5.10 Å². The van der Waals surface area contributed by atoms with Crippen LogP contribution in [-0.4, -0.2) is 40.9 Å². The maximum absolute atomic E-state index is 13.0. The van der Waals surface area contributed by atoms with Crippen molar-refractivity contribution in [3.05, 3.63) is 60.2 Å². The highest BCUT2D eigenvalue weighted by Crippen LogP contribution is 2.21. The molecule has 0 unspecified atom stereocenters. The number of nitrogens with one attached hydrogen (secondary N) is 1. The zero-order chi connectivity index (χ0) is 18.8. The number of tetrazole rings is 1. The lowest BCUT2D eigenvalue weighted by molar-refractivity contribution is -0.119. The topological polar surface area (TPSA) is 103 Å². The number of benzene rings is 1. The Labute approximate surface area is 155 Å². The summed E-state index contributed by atoms with van der Waals surface area (Å²) in [6.07, 6.45) is 3.54. The zero-order valence-electron chi connectivity index (χ0n) is 14.9. The molecular formula is C18H18N8O. The first-order valence-electron chi connectivity index (χ1n) is 8.48. The summed E-state index contributed by atoms with van der Waals surface area (Å²) in [7, 11) is 1.84. The molecule has 0 aliphatic heterocycles. The van der Waals surface area contributed by atoms with E-state index in [1.807, 2.05) is 50.4 Å². The van der Waals surface area contributed by atoms with Crippen LogP contribution in [0.1, 0.15) is 17.3 Å². The third-order valence-corrected chi connectivity index (χ3v) is 4.39. The summed E-state index contributed by atoms with van der Waals surface area (Å²) in [5, 5.41) is 19.4. The molecule has 0 aliphatic rings. The second-order valence-electron chi connectivity index (χ2n) is 6.29. The molecule has 0 spiro atoms. The Morgan fingerprint density at radius 1 is 1.26 bits per heavy atom. The first-order chi connectivity index (χ1) is 13.1. The van der Waals surface area contributed by atoms with Crippen LogP contribution < -0.4 is 5.32 Å². The molecule has 1 N–H and O–H groups in total. The SMILES string of the molecule is Cc1nn(C)c2ncc(NC(=O)[C@@H](Cc3ccccc3)n3cnnn3)cc12. The fourth-order valence-corrected chi connectivity index (χ4v) is 3.06. The standard InChI is InChI=1S/C18H18N8O/c1-12-15-9-14(10-19-17(15)25(2)22-12)21-18(27)16(26-11-20-23-24-26)8-13-6-4-3-5-7-13/h3-7,9-11,16H,8H2,1-2H3,(H,21,27)/t16-/m1/s1. The summed E-state index contributed by atoms with van der Waals surface area (Å²) >= 11 is 0. The Morgan fingerprint density at radius 2 is 2.07 bits per heavy atom. The predicted molar refractivity (Wildman–Crippen MR) is 98.9 cm³/mol. The van der Waals surface area contributed by atoms with E-state index in [2.05, 4.69) is 30.9 Å². The maximum Gasteiger partial charge on any atom is 0.249 e. The Hall–Kier alpha value is -3.62. The third-order valence-electron chi connectivity index (χ3n) is 4.39. The highest BCUT2D eigenvalue weighted by molar-refractivity contribution is 5.95. The van der Waals surface area contributed by atoms with Gasteiger partial charge in [-0.3, -0.25) is 9.48 Å². The van der Waals surface area contributed by atoms with Crippen molar-refractivity contribution >= 4 is 22.6 Å². The molecule has 9 nitrogen and oxygen atoms in total. The molecule has 3 aromatic heterocycles. The van der Waals surface area contributed by atoms with E-state index in [0.29, 0.717) is 12.1 Å². The van der Waals surface area contributed by atoms with Gasteiger partial charge in [0.05, 0.1) is 17.6 Å². The molecule has 4 aromatic rings. The van der Waals surface area contributed by atoms with E-state index in [9.17, 15) is 4.79 Å². The van der Waals surface area contributed by atoms with Gasteiger partial charge in [0.15, 0.2) is 5.65 Å². The molecule has 0 aliphatic carbocycles. The number of anilines is 1. The number of pyridine rings is 1. The van der Waals surface area contributed by atoms with Crippen molar-refractivity contribution in [3.8, 4) is 0 Å². The van der Waals surface area contributed by atoms with E-state index < -0.39 is 6.04 Å². The first-order valence-corrected chi connectivity index (χ1v) is 8.48. The molecule has 0 saturated heterocycles. The molecule has 4 rings (SSSR count). The molecule has 1 atom stereocenters. The van der Waals surface area contributed by atoms with Crippen molar-refractivity contribution in [1.29, 1.82) is 0 Å². The highest BCUT2D eigenvalue weighted by Gasteiger charge is 2.23. The van der Waals surface area contributed by atoms with Crippen molar-refractivity contribution in [1.82, 2.24) is 35.0 Å². The van der Waals surface area contributed by atoms with Crippen LogP contribution in [-0.2, 0) is 18.3 Å². The van der Waals surface area contributed by atoms with E-state index in [4.69, 9.17) is 0 Å². The maximum atomic E-state index is 13.0. The largest absolute Gasteiger partial charge is 0.323 e. The Bertz CT molecular complexity index is 1070. The minimum absolute atomic E-state index is 0.214. The van der Waals surface area contributed by atoms with E-state index in [1.54, 1.807) is 10.9 Å². The third kappa shape index (κ3) is 3.39. The lowest BCUT2D eigenvalue weighted by Crippen LogP contribution is -2.28. The molecule has 1 aromatic carbocycles. The van der Waals surface area contributed by atoms with E-state index in [1.165, 1.54) is 11.0 Å². The van der Waals surface area contributed by atoms with Gasteiger partial charge < -0.3 is 5.32 Å². The van der Waals surface area contributed by atoms with Crippen molar-refractivity contribution in [3.63, 3.8) is 0 Å². The number of aryl methyl sites for hydroxylation is 2. The minimum Gasteiger partial charge on any atom is -0.323 e. The van der Waals surface area contributed by atoms with Crippen molar-refractivity contribution in [2.24, 2.45) is 7.05 Å². The number of hydrogen-bond donors (Lipinski definition) is 1. The van der Waals surface area contributed by atoms with Crippen LogP contribution in [0.15, 0.2) is 48.9 Å². The van der Waals surface area contributed by atoms with Crippen LogP contribution in [0.4, 0.5) is 5.69 Å². The Kier molecular flexibility index (Phi) is 4.33.